The average Bonchev–Trinajstić information content (AvgIpc) is 2.78. The van der Waals surface area contributed by atoms with Gasteiger partial charge in [0.25, 0.3) is 0 Å². The molecule has 0 amide bonds. The van der Waals surface area contributed by atoms with E-state index in [-0.39, 0.29) is 5.54 Å². The van der Waals surface area contributed by atoms with Crippen molar-refractivity contribution in [3.05, 3.63) is 64.7 Å². The Hall–Kier alpha value is -1.84. The zero-order chi connectivity index (χ0) is 15.2. The van der Waals surface area contributed by atoms with E-state index in [1.54, 1.807) is 0 Å². The maximum absolute atomic E-state index is 5.58. The highest BCUT2D eigenvalue weighted by molar-refractivity contribution is 5.59. The second kappa shape index (κ2) is 5.11. The number of fused-ring (bicyclic) bond motifs is 7. The maximum atomic E-state index is 5.58. The van der Waals surface area contributed by atoms with Gasteiger partial charge in [-0.2, -0.15) is 0 Å². The molecule has 3 nitrogen and oxygen atoms in total. The maximum Gasteiger partial charge on any atom is 0.0673 e. The predicted molar refractivity (Wildman–Crippen MR) is 91.1 cm³/mol. The molecule has 4 rings (SSSR count). The molecule has 2 heterocycles. The van der Waals surface area contributed by atoms with Crippen LogP contribution in [0.3, 0.4) is 0 Å². The van der Waals surface area contributed by atoms with Crippen LogP contribution in [0.2, 0.25) is 0 Å². The highest BCUT2D eigenvalue weighted by atomic mass is 15.1. The lowest BCUT2D eigenvalue weighted by molar-refractivity contribution is 0.389. The van der Waals surface area contributed by atoms with Crippen LogP contribution in [0.5, 0.6) is 0 Å². The molecule has 0 saturated carbocycles. The number of hydrogen-bond donors (Lipinski definition) is 3. The lowest BCUT2D eigenvalue weighted by Gasteiger charge is -2.35. The van der Waals surface area contributed by atoms with Crippen LogP contribution >= 0.6 is 0 Å². The van der Waals surface area contributed by atoms with E-state index in [9.17, 15) is 0 Å². The Kier molecular flexibility index (Phi) is 3.21. The van der Waals surface area contributed by atoms with Crippen LogP contribution in [0.15, 0.2) is 42.5 Å². The minimum absolute atomic E-state index is 0.0690. The van der Waals surface area contributed by atoms with Crippen molar-refractivity contribution >= 4 is 5.69 Å². The zero-order valence-electron chi connectivity index (χ0n) is 13.0. The minimum atomic E-state index is -0.0690. The van der Waals surface area contributed by atoms with Gasteiger partial charge in [0, 0.05) is 18.3 Å². The first kappa shape index (κ1) is 13.8. The van der Waals surface area contributed by atoms with Crippen molar-refractivity contribution in [1.29, 1.82) is 0 Å². The fourth-order valence-electron chi connectivity index (χ4n) is 4.03. The molecule has 0 aromatic heterocycles. The molecule has 2 unspecified atom stereocenters. The van der Waals surface area contributed by atoms with Crippen molar-refractivity contribution in [2.24, 2.45) is 5.73 Å². The molecule has 4 N–H and O–H groups in total. The first-order valence-electron chi connectivity index (χ1n) is 8.17. The van der Waals surface area contributed by atoms with E-state index in [2.05, 4.69) is 60.0 Å². The summed E-state index contributed by atoms with van der Waals surface area (Å²) < 4.78 is 0. The Labute approximate surface area is 131 Å². The van der Waals surface area contributed by atoms with Gasteiger partial charge in [0.05, 0.1) is 5.54 Å². The fraction of sp³-hybridized carbons (Fsp3) is 0.368. The molecule has 0 spiro atoms. The molecule has 0 aliphatic carbocycles. The summed E-state index contributed by atoms with van der Waals surface area (Å²) in [6.07, 6.45) is 2.07. The molecule has 0 radical (unpaired) electrons. The predicted octanol–water partition coefficient (Wildman–Crippen LogP) is 2.91. The number of nitrogens with two attached hydrogens (primary N) is 1. The molecule has 2 bridgehead atoms. The first-order valence-corrected chi connectivity index (χ1v) is 8.17. The van der Waals surface area contributed by atoms with E-state index in [0.29, 0.717) is 6.04 Å². The van der Waals surface area contributed by atoms with Crippen molar-refractivity contribution < 1.29 is 0 Å². The molecule has 2 aromatic rings. The normalized spacial score (nSPS) is 24.7. The summed E-state index contributed by atoms with van der Waals surface area (Å²) in [5, 5.41) is 7.32. The molecule has 2 atom stereocenters. The highest BCUT2D eigenvalue weighted by Gasteiger charge is 2.45. The van der Waals surface area contributed by atoms with Gasteiger partial charge in [0.1, 0.15) is 0 Å². The third-order valence-electron chi connectivity index (χ3n) is 5.12. The van der Waals surface area contributed by atoms with Gasteiger partial charge in [0.15, 0.2) is 0 Å². The molecular formula is C19H23N3. The Bertz CT molecular complexity index is 710. The highest BCUT2D eigenvalue weighted by Crippen LogP contribution is 2.48. The summed E-state index contributed by atoms with van der Waals surface area (Å²) in [7, 11) is 0. The number of nitrogens with one attached hydrogen (secondary N) is 2. The topological polar surface area (TPSA) is 50.1 Å². The van der Waals surface area contributed by atoms with Gasteiger partial charge in [-0.15, -0.1) is 0 Å². The van der Waals surface area contributed by atoms with Crippen molar-refractivity contribution in [1.82, 2.24) is 5.32 Å². The minimum Gasteiger partial charge on any atom is -0.385 e. The summed E-state index contributed by atoms with van der Waals surface area (Å²) in [4.78, 5) is 0. The van der Waals surface area contributed by atoms with Crippen LogP contribution in [0.1, 0.15) is 41.6 Å². The van der Waals surface area contributed by atoms with E-state index in [1.807, 2.05) is 0 Å². The van der Waals surface area contributed by atoms with Crippen LogP contribution in [-0.2, 0) is 12.0 Å². The average molecular weight is 293 g/mol. The summed E-state index contributed by atoms with van der Waals surface area (Å²) in [6.45, 7) is 3.97. The Morgan fingerprint density at radius 1 is 1.23 bits per heavy atom. The van der Waals surface area contributed by atoms with E-state index in [1.165, 1.54) is 27.9 Å². The SMILES string of the molecule is CC12NC(Cc3ccc(NCCCN)cc31)c1ccccc12. The standard InChI is InChI=1S/C19H23N3/c1-19-16-6-3-2-5-15(16)18(22-19)11-13-7-8-14(12-17(13)19)21-10-4-9-20/h2-3,5-8,12,18,21-22H,4,9-11,20H2,1H3. The molecule has 22 heavy (non-hydrogen) atoms. The Balaban J connectivity index is 1.75. The summed E-state index contributed by atoms with van der Waals surface area (Å²) in [5.74, 6) is 0. The number of benzene rings is 2. The van der Waals surface area contributed by atoms with Crippen LogP contribution in [0, 0.1) is 0 Å². The molecule has 3 heteroatoms. The lowest BCUT2D eigenvalue weighted by Crippen LogP contribution is -2.41. The zero-order valence-corrected chi connectivity index (χ0v) is 13.0. The van der Waals surface area contributed by atoms with Gasteiger partial charge in [-0.25, -0.2) is 0 Å². The Morgan fingerprint density at radius 2 is 2.09 bits per heavy atom. The van der Waals surface area contributed by atoms with Gasteiger partial charge >= 0.3 is 0 Å². The van der Waals surface area contributed by atoms with Gasteiger partial charge in [0.2, 0.25) is 0 Å². The fourth-order valence-corrected chi connectivity index (χ4v) is 4.03. The quantitative estimate of drug-likeness (QED) is 0.760. The smallest absolute Gasteiger partial charge is 0.0673 e. The van der Waals surface area contributed by atoms with Crippen molar-refractivity contribution in [2.45, 2.75) is 31.3 Å². The van der Waals surface area contributed by atoms with Gasteiger partial charge in [-0.3, -0.25) is 5.32 Å². The molecule has 2 aliphatic heterocycles. The molecule has 114 valence electrons. The van der Waals surface area contributed by atoms with E-state index >= 15 is 0 Å². The van der Waals surface area contributed by atoms with Crippen molar-refractivity contribution in [3.8, 4) is 0 Å². The third kappa shape index (κ3) is 1.97. The molecule has 0 fully saturated rings. The van der Waals surface area contributed by atoms with Crippen LogP contribution < -0.4 is 16.4 Å². The largest absolute Gasteiger partial charge is 0.385 e. The van der Waals surface area contributed by atoms with Crippen LogP contribution in [0.25, 0.3) is 0 Å². The summed E-state index contributed by atoms with van der Waals surface area (Å²) in [6, 6.07) is 16.1. The molecule has 2 aromatic carbocycles. The number of rotatable bonds is 4. The van der Waals surface area contributed by atoms with Crippen LogP contribution in [0.4, 0.5) is 5.69 Å². The monoisotopic (exact) mass is 293 g/mol. The molecule has 0 saturated heterocycles. The second-order valence-corrected chi connectivity index (χ2v) is 6.55. The molecule has 2 aliphatic rings. The van der Waals surface area contributed by atoms with Gasteiger partial charge < -0.3 is 11.1 Å². The summed E-state index contributed by atoms with van der Waals surface area (Å²) in [5.41, 5.74) is 12.5. The van der Waals surface area contributed by atoms with Gasteiger partial charge in [-0.05, 0) is 60.7 Å². The third-order valence-corrected chi connectivity index (χ3v) is 5.12. The first-order chi connectivity index (χ1) is 10.7. The van der Waals surface area contributed by atoms with E-state index < -0.39 is 0 Å². The van der Waals surface area contributed by atoms with Crippen molar-refractivity contribution in [3.63, 3.8) is 0 Å². The lowest BCUT2D eigenvalue weighted by atomic mass is 9.82. The summed E-state index contributed by atoms with van der Waals surface area (Å²) >= 11 is 0. The van der Waals surface area contributed by atoms with Crippen molar-refractivity contribution in [2.75, 3.05) is 18.4 Å². The van der Waals surface area contributed by atoms with Gasteiger partial charge in [-0.1, -0.05) is 30.3 Å². The second-order valence-electron chi connectivity index (χ2n) is 6.55. The van der Waals surface area contributed by atoms with Crippen LogP contribution in [-0.4, -0.2) is 13.1 Å². The number of hydrogen-bond acceptors (Lipinski definition) is 3. The number of anilines is 1. The Morgan fingerprint density at radius 3 is 2.95 bits per heavy atom. The molecular weight excluding hydrogens is 270 g/mol. The van der Waals surface area contributed by atoms with E-state index in [4.69, 9.17) is 5.73 Å². The van der Waals surface area contributed by atoms with E-state index in [0.717, 1.165) is 25.9 Å².